The third-order valence-electron chi connectivity index (χ3n) is 4.91. The molecule has 6 heteroatoms. The minimum absolute atomic E-state index is 0.00439. The fourth-order valence-electron chi connectivity index (χ4n) is 3.21. The van der Waals surface area contributed by atoms with E-state index in [1.54, 1.807) is 23.1 Å². The maximum absolute atomic E-state index is 13.2. The normalized spacial score (nSPS) is 11.8. The van der Waals surface area contributed by atoms with Crippen LogP contribution in [0.4, 0.5) is 0 Å². The minimum Gasteiger partial charge on any atom is -0.484 e. The predicted molar refractivity (Wildman–Crippen MR) is 121 cm³/mol. The second-order valence-corrected chi connectivity index (χ2v) is 8.14. The van der Waals surface area contributed by atoms with E-state index in [1.807, 2.05) is 58.9 Å². The molecule has 0 aliphatic heterocycles. The van der Waals surface area contributed by atoms with Gasteiger partial charge in [0.25, 0.3) is 5.91 Å². The lowest BCUT2D eigenvalue weighted by molar-refractivity contribution is -0.143. The van der Waals surface area contributed by atoms with Crippen LogP contribution in [0.3, 0.4) is 0 Å². The van der Waals surface area contributed by atoms with E-state index >= 15 is 0 Å². The van der Waals surface area contributed by atoms with Crippen molar-refractivity contribution in [1.29, 1.82) is 0 Å². The van der Waals surface area contributed by atoms with Crippen molar-refractivity contribution in [3.63, 3.8) is 0 Å². The summed E-state index contributed by atoms with van der Waals surface area (Å²) < 4.78 is 5.73. The summed E-state index contributed by atoms with van der Waals surface area (Å²) in [4.78, 5) is 27.6. The van der Waals surface area contributed by atoms with Crippen molar-refractivity contribution in [3.8, 4) is 5.75 Å². The highest BCUT2D eigenvalue weighted by Gasteiger charge is 2.29. The minimum atomic E-state index is -0.574. The summed E-state index contributed by atoms with van der Waals surface area (Å²) in [5.74, 6) is 0.175. The first-order valence-electron chi connectivity index (χ1n) is 10.3. The van der Waals surface area contributed by atoms with Crippen LogP contribution in [0.25, 0.3) is 0 Å². The Morgan fingerprint density at radius 2 is 1.80 bits per heavy atom. The zero-order valence-electron chi connectivity index (χ0n) is 18.4. The molecule has 5 nitrogen and oxygen atoms in total. The number of ether oxygens (including phenoxy) is 1. The number of carbonyl (C=O) groups is 2. The molecule has 0 spiro atoms. The van der Waals surface area contributed by atoms with Gasteiger partial charge in [-0.05, 0) is 69.0 Å². The van der Waals surface area contributed by atoms with Crippen molar-refractivity contribution in [2.45, 2.75) is 59.7 Å². The first-order valence-corrected chi connectivity index (χ1v) is 10.6. The van der Waals surface area contributed by atoms with Gasteiger partial charge in [-0.2, -0.15) is 0 Å². The number of halogens is 1. The van der Waals surface area contributed by atoms with E-state index in [9.17, 15) is 9.59 Å². The molecule has 1 atom stereocenters. The quantitative estimate of drug-likeness (QED) is 0.629. The molecule has 0 fully saturated rings. The van der Waals surface area contributed by atoms with Crippen LogP contribution in [0.1, 0.15) is 43.9 Å². The van der Waals surface area contributed by atoms with Gasteiger partial charge in [0.05, 0.1) is 0 Å². The molecule has 2 aromatic carbocycles. The monoisotopic (exact) mass is 430 g/mol. The number of amides is 2. The van der Waals surface area contributed by atoms with Gasteiger partial charge in [-0.25, -0.2) is 0 Å². The van der Waals surface area contributed by atoms with Gasteiger partial charge in [0.2, 0.25) is 5.91 Å². The van der Waals surface area contributed by atoms with Gasteiger partial charge in [-0.3, -0.25) is 9.59 Å². The third kappa shape index (κ3) is 6.49. The summed E-state index contributed by atoms with van der Waals surface area (Å²) in [6.07, 6.45) is 0.510. The number of carbonyl (C=O) groups excluding carboxylic acids is 2. The van der Waals surface area contributed by atoms with Gasteiger partial charge in [0.15, 0.2) is 6.61 Å². The van der Waals surface area contributed by atoms with E-state index < -0.39 is 6.04 Å². The highest BCUT2D eigenvalue weighted by Crippen LogP contribution is 2.21. The standard InChI is InChI=1S/C24H31ClN2O3/c1-6-22(24(29)26-16(2)3)27(14-19-10-8-7-9-17(19)4)23(28)15-30-20-11-12-21(25)18(5)13-20/h7-13,16,22H,6,14-15H2,1-5H3,(H,26,29)/t22-/m1/s1. The van der Waals surface area contributed by atoms with Crippen LogP contribution < -0.4 is 10.1 Å². The number of benzene rings is 2. The lowest BCUT2D eigenvalue weighted by atomic mass is 10.1. The molecule has 0 saturated heterocycles. The summed E-state index contributed by atoms with van der Waals surface area (Å²) in [6, 6.07) is 12.6. The Morgan fingerprint density at radius 1 is 1.10 bits per heavy atom. The Hall–Kier alpha value is -2.53. The molecule has 30 heavy (non-hydrogen) atoms. The molecule has 2 aromatic rings. The maximum Gasteiger partial charge on any atom is 0.261 e. The number of aryl methyl sites for hydroxylation is 2. The Kier molecular flexibility index (Phi) is 8.72. The van der Waals surface area contributed by atoms with Crippen LogP contribution >= 0.6 is 11.6 Å². The van der Waals surface area contributed by atoms with Gasteiger partial charge in [0, 0.05) is 17.6 Å². The Balaban J connectivity index is 2.23. The van der Waals surface area contributed by atoms with Crippen LogP contribution in [-0.4, -0.2) is 35.4 Å². The van der Waals surface area contributed by atoms with Crippen LogP contribution in [0, 0.1) is 13.8 Å². The number of rotatable bonds is 9. The van der Waals surface area contributed by atoms with Gasteiger partial charge in [-0.15, -0.1) is 0 Å². The molecule has 0 aliphatic carbocycles. The third-order valence-corrected chi connectivity index (χ3v) is 5.33. The number of hydrogen-bond acceptors (Lipinski definition) is 3. The molecule has 0 bridgehead atoms. The average molecular weight is 431 g/mol. The molecular weight excluding hydrogens is 400 g/mol. The summed E-state index contributed by atoms with van der Waals surface area (Å²) >= 11 is 6.06. The van der Waals surface area contributed by atoms with Gasteiger partial charge < -0.3 is 15.0 Å². The summed E-state index contributed by atoms with van der Waals surface area (Å²) in [5, 5.41) is 3.57. The predicted octanol–water partition coefficient (Wildman–Crippen LogP) is 4.67. The average Bonchev–Trinajstić information content (AvgIpc) is 2.69. The molecule has 0 aromatic heterocycles. The van der Waals surface area contributed by atoms with Crippen molar-refractivity contribution in [2.24, 2.45) is 0 Å². The van der Waals surface area contributed by atoms with Crippen molar-refractivity contribution in [3.05, 3.63) is 64.2 Å². The van der Waals surface area contributed by atoms with E-state index in [1.165, 1.54) is 0 Å². The van der Waals surface area contributed by atoms with E-state index in [-0.39, 0.29) is 24.5 Å². The van der Waals surface area contributed by atoms with E-state index in [4.69, 9.17) is 16.3 Å². The van der Waals surface area contributed by atoms with Crippen LogP contribution in [0.5, 0.6) is 5.75 Å². The molecule has 1 N–H and O–H groups in total. The molecule has 2 rings (SSSR count). The fraction of sp³-hybridized carbons (Fsp3) is 0.417. The SMILES string of the molecule is CC[C@H](C(=O)NC(C)C)N(Cc1ccccc1C)C(=O)COc1ccc(Cl)c(C)c1. The number of hydrogen-bond donors (Lipinski definition) is 1. The maximum atomic E-state index is 13.2. The Labute approximate surface area is 184 Å². The number of nitrogens with zero attached hydrogens (tertiary/aromatic N) is 1. The zero-order chi connectivity index (χ0) is 22.3. The van der Waals surface area contributed by atoms with E-state index in [0.717, 1.165) is 16.7 Å². The van der Waals surface area contributed by atoms with Crippen LogP contribution in [0.15, 0.2) is 42.5 Å². The summed E-state index contributed by atoms with van der Waals surface area (Å²) in [7, 11) is 0. The smallest absolute Gasteiger partial charge is 0.261 e. The number of nitrogens with one attached hydrogen (secondary N) is 1. The molecule has 0 aliphatic rings. The Morgan fingerprint density at radius 3 is 2.40 bits per heavy atom. The second kappa shape index (κ2) is 11.0. The second-order valence-electron chi connectivity index (χ2n) is 7.74. The largest absolute Gasteiger partial charge is 0.484 e. The summed E-state index contributed by atoms with van der Waals surface area (Å²) in [5.41, 5.74) is 2.95. The van der Waals surface area contributed by atoms with Crippen LogP contribution in [0.2, 0.25) is 5.02 Å². The molecule has 0 unspecified atom stereocenters. The topological polar surface area (TPSA) is 58.6 Å². The molecular formula is C24H31ClN2O3. The van der Waals surface area contributed by atoms with E-state index in [0.29, 0.717) is 23.7 Å². The first-order chi connectivity index (χ1) is 14.2. The van der Waals surface area contributed by atoms with Crippen molar-refractivity contribution in [2.75, 3.05) is 6.61 Å². The summed E-state index contributed by atoms with van der Waals surface area (Å²) in [6.45, 7) is 9.79. The molecule has 162 valence electrons. The molecule has 0 radical (unpaired) electrons. The van der Waals surface area contributed by atoms with Gasteiger partial charge in [0.1, 0.15) is 11.8 Å². The van der Waals surface area contributed by atoms with Crippen molar-refractivity contribution < 1.29 is 14.3 Å². The van der Waals surface area contributed by atoms with Crippen molar-refractivity contribution >= 4 is 23.4 Å². The lowest BCUT2D eigenvalue weighted by Gasteiger charge is -2.31. The van der Waals surface area contributed by atoms with Gasteiger partial charge in [-0.1, -0.05) is 42.8 Å². The Bertz CT molecular complexity index is 883. The van der Waals surface area contributed by atoms with E-state index in [2.05, 4.69) is 5.32 Å². The highest BCUT2D eigenvalue weighted by molar-refractivity contribution is 6.31. The van der Waals surface area contributed by atoms with Crippen molar-refractivity contribution in [1.82, 2.24) is 10.2 Å². The van der Waals surface area contributed by atoms with Crippen LogP contribution in [-0.2, 0) is 16.1 Å². The lowest BCUT2D eigenvalue weighted by Crippen LogP contribution is -2.51. The highest BCUT2D eigenvalue weighted by atomic mass is 35.5. The van der Waals surface area contributed by atoms with Gasteiger partial charge >= 0.3 is 0 Å². The first kappa shape index (κ1) is 23.7. The fourth-order valence-corrected chi connectivity index (χ4v) is 3.32. The molecule has 0 saturated carbocycles. The molecule has 0 heterocycles. The molecule has 2 amide bonds. The zero-order valence-corrected chi connectivity index (χ0v) is 19.1.